The van der Waals surface area contributed by atoms with Gasteiger partial charge in [-0.2, -0.15) is 5.10 Å². The number of fused-ring (bicyclic) bond motifs is 2. The van der Waals surface area contributed by atoms with Gasteiger partial charge in [-0.3, -0.25) is 4.79 Å². The Bertz CT molecular complexity index is 522. The minimum absolute atomic E-state index is 0.0439. The third-order valence-corrected chi connectivity index (χ3v) is 3.36. The molecule has 0 fully saturated rings. The fraction of sp³-hybridized carbons (Fsp3) is 0.385. The van der Waals surface area contributed by atoms with Crippen molar-refractivity contribution < 1.29 is 4.79 Å². The lowest BCUT2D eigenvalue weighted by atomic mass is 10.0. The molecule has 3 rings (SSSR count). The van der Waals surface area contributed by atoms with E-state index < -0.39 is 0 Å². The van der Waals surface area contributed by atoms with E-state index in [1.54, 1.807) is 0 Å². The lowest BCUT2D eigenvalue weighted by Gasteiger charge is -2.09. The Morgan fingerprint density at radius 3 is 2.75 bits per heavy atom. The minimum atomic E-state index is 0.0439. The van der Waals surface area contributed by atoms with Gasteiger partial charge >= 0.3 is 0 Å². The number of hydrogen-bond donors (Lipinski definition) is 0. The Morgan fingerprint density at radius 2 is 2.25 bits per heavy atom. The van der Waals surface area contributed by atoms with Crippen LogP contribution < -0.4 is 0 Å². The highest BCUT2D eigenvalue weighted by Gasteiger charge is 2.33. The van der Waals surface area contributed by atoms with Crippen molar-refractivity contribution >= 4 is 5.91 Å². The quantitative estimate of drug-likeness (QED) is 0.672. The van der Waals surface area contributed by atoms with Crippen LogP contribution in [0.25, 0.3) is 0 Å². The molecular formula is C13H14N2O. The number of allylic oxidation sites excluding steroid dienone is 4. The second-order valence-corrected chi connectivity index (χ2v) is 4.66. The summed E-state index contributed by atoms with van der Waals surface area (Å²) < 4.78 is 1.52. The van der Waals surface area contributed by atoms with E-state index in [0.29, 0.717) is 11.8 Å². The van der Waals surface area contributed by atoms with Crippen LogP contribution in [0.1, 0.15) is 22.6 Å². The Morgan fingerprint density at radius 1 is 1.44 bits per heavy atom. The number of carbonyl (C=O) groups excluding carboxylic acids is 1. The van der Waals surface area contributed by atoms with Crippen LogP contribution in [-0.2, 0) is 0 Å². The molecule has 1 aromatic heterocycles. The van der Waals surface area contributed by atoms with E-state index in [-0.39, 0.29) is 5.91 Å². The van der Waals surface area contributed by atoms with Gasteiger partial charge in [-0.15, -0.1) is 0 Å². The van der Waals surface area contributed by atoms with Crippen LogP contribution in [0.2, 0.25) is 0 Å². The molecule has 2 aliphatic rings. The van der Waals surface area contributed by atoms with Crippen molar-refractivity contribution in [2.45, 2.75) is 20.3 Å². The van der Waals surface area contributed by atoms with Gasteiger partial charge in [-0.05, 0) is 32.3 Å². The lowest BCUT2D eigenvalue weighted by molar-refractivity contribution is 0.0930. The molecule has 16 heavy (non-hydrogen) atoms. The van der Waals surface area contributed by atoms with E-state index in [1.807, 2.05) is 19.9 Å². The first-order valence-corrected chi connectivity index (χ1v) is 5.63. The second-order valence-electron chi connectivity index (χ2n) is 4.66. The van der Waals surface area contributed by atoms with Gasteiger partial charge in [0.05, 0.1) is 5.69 Å². The maximum atomic E-state index is 12.3. The smallest absolute Gasteiger partial charge is 0.267 e. The monoisotopic (exact) mass is 214 g/mol. The van der Waals surface area contributed by atoms with Crippen molar-refractivity contribution in [2.75, 3.05) is 0 Å². The van der Waals surface area contributed by atoms with Crippen LogP contribution in [0.3, 0.4) is 0 Å². The summed E-state index contributed by atoms with van der Waals surface area (Å²) in [4.78, 5) is 12.3. The van der Waals surface area contributed by atoms with E-state index in [4.69, 9.17) is 0 Å². The Balaban J connectivity index is 1.95. The van der Waals surface area contributed by atoms with Crippen LogP contribution in [0.5, 0.6) is 0 Å². The molecule has 3 nitrogen and oxygen atoms in total. The van der Waals surface area contributed by atoms with E-state index >= 15 is 0 Å². The molecule has 82 valence electrons. The number of nitrogens with zero attached hydrogens (tertiary/aromatic N) is 2. The van der Waals surface area contributed by atoms with Gasteiger partial charge in [-0.1, -0.05) is 18.2 Å². The van der Waals surface area contributed by atoms with Crippen molar-refractivity contribution in [1.29, 1.82) is 0 Å². The molecule has 0 unspecified atom stereocenters. The summed E-state index contributed by atoms with van der Waals surface area (Å²) >= 11 is 0. The predicted molar refractivity (Wildman–Crippen MR) is 61.1 cm³/mol. The third-order valence-electron chi connectivity index (χ3n) is 3.36. The zero-order chi connectivity index (χ0) is 11.3. The molecule has 0 radical (unpaired) electrons. The molecule has 0 amide bonds. The Labute approximate surface area is 94.5 Å². The molecule has 3 heteroatoms. The van der Waals surface area contributed by atoms with Crippen LogP contribution in [-0.4, -0.2) is 15.7 Å². The molecule has 2 atom stereocenters. The SMILES string of the molecule is Cc1cc(C)n(C(=O)C2=C[C@@H]3C=C[C@H]2C3)n1. The average molecular weight is 214 g/mol. The van der Waals surface area contributed by atoms with Gasteiger partial charge in [0.1, 0.15) is 0 Å². The lowest BCUT2D eigenvalue weighted by Crippen LogP contribution is -2.19. The summed E-state index contributed by atoms with van der Waals surface area (Å²) in [5, 5.41) is 4.24. The number of aryl methyl sites for hydroxylation is 2. The summed E-state index contributed by atoms with van der Waals surface area (Å²) in [7, 11) is 0. The van der Waals surface area contributed by atoms with E-state index in [1.165, 1.54) is 4.68 Å². The first-order valence-electron chi connectivity index (χ1n) is 5.63. The molecular weight excluding hydrogens is 200 g/mol. The molecule has 0 aliphatic heterocycles. The second kappa shape index (κ2) is 3.17. The largest absolute Gasteiger partial charge is 0.274 e. The number of carbonyl (C=O) groups is 1. The molecule has 0 N–H and O–H groups in total. The molecule has 1 heterocycles. The van der Waals surface area contributed by atoms with E-state index in [0.717, 1.165) is 23.4 Å². The van der Waals surface area contributed by atoms with Gasteiger partial charge in [-0.25, -0.2) is 4.68 Å². The maximum Gasteiger partial charge on any atom is 0.274 e. The predicted octanol–water partition coefficient (Wildman–Crippen LogP) is 2.27. The van der Waals surface area contributed by atoms with Crippen LogP contribution in [0.15, 0.2) is 29.9 Å². The molecule has 0 saturated heterocycles. The van der Waals surface area contributed by atoms with Gasteiger partial charge < -0.3 is 0 Å². The summed E-state index contributed by atoms with van der Waals surface area (Å²) in [6, 6.07) is 1.93. The standard InChI is InChI=1S/C13H14N2O/c1-8-5-9(2)15(14-8)13(16)12-7-10-3-4-11(12)6-10/h3-5,7,10-11H,6H2,1-2H3/t10-,11+/m1/s1. The first-order chi connectivity index (χ1) is 7.65. The molecule has 1 aromatic rings. The number of hydrogen-bond acceptors (Lipinski definition) is 2. The van der Waals surface area contributed by atoms with Crippen LogP contribution >= 0.6 is 0 Å². The molecule has 0 saturated carbocycles. The summed E-state index contributed by atoms with van der Waals surface area (Å²) in [6.07, 6.45) is 7.48. The summed E-state index contributed by atoms with van der Waals surface area (Å²) in [5.74, 6) is 0.838. The topological polar surface area (TPSA) is 34.9 Å². The maximum absolute atomic E-state index is 12.3. The highest BCUT2D eigenvalue weighted by atomic mass is 16.2. The minimum Gasteiger partial charge on any atom is -0.267 e. The highest BCUT2D eigenvalue weighted by Crippen LogP contribution is 2.38. The summed E-state index contributed by atoms with van der Waals surface area (Å²) in [6.45, 7) is 3.83. The number of aromatic nitrogens is 2. The van der Waals surface area contributed by atoms with Gasteiger partial charge in [0.2, 0.25) is 0 Å². The summed E-state index contributed by atoms with van der Waals surface area (Å²) in [5.41, 5.74) is 2.72. The van der Waals surface area contributed by atoms with Crippen molar-refractivity contribution in [2.24, 2.45) is 11.8 Å². The van der Waals surface area contributed by atoms with Crippen LogP contribution in [0.4, 0.5) is 0 Å². The normalized spacial score (nSPS) is 26.2. The average Bonchev–Trinajstić information content (AvgIpc) is 2.91. The van der Waals surface area contributed by atoms with Gasteiger partial charge in [0, 0.05) is 17.2 Å². The van der Waals surface area contributed by atoms with Crippen LogP contribution in [0, 0.1) is 25.7 Å². The third kappa shape index (κ3) is 1.28. The Kier molecular flexibility index (Phi) is 1.90. The molecule has 0 aromatic carbocycles. The van der Waals surface area contributed by atoms with E-state index in [2.05, 4.69) is 23.3 Å². The van der Waals surface area contributed by atoms with Crippen molar-refractivity contribution in [3.63, 3.8) is 0 Å². The number of rotatable bonds is 1. The Hall–Kier alpha value is -1.64. The highest BCUT2D eigenvalue weighted by molar-refractivity contribution is 5.97. The fourth-order valence-electron chi connectivity index (χ4n) is 2.62. The first kappa shape index (κ1) is 9.58. The zero-order valence-electron chi connectivity index (χ0n) is 9.47. The van der Waals surface area contributed by atoms with Crippen molar-refractivity contribution in [3.8, 4) is 0 Å². The molecule has 2 aliphatic carbocycles. The van der Waals surface area contributed by atoms with Crippen molar-refractivity contribution in [1.82, 2.24) is 9.78 Å². The van der Waals surface area contributed by atoms with Gasteiger partial charge in [0.25, 0.3) is 5.91 Å². The van der Waals surface area contributed by atoms with E-state index in [9.17, 15) is 4.79 Å². The molecule has 0 spiro atoms. The molecule has 2 bridgehead atoms. The van der Waals surface area contributed by atoms with Crippen molar-refractivity contribution in [3.05, 3.63) is 41.3 Å². The van der Waals surface area contributed by atoms with Gasteiger partial charge in [0.15, 0.2) is 0 Å². The zero-order valence-corrected chi connectivity index (χ0v) is 9.47. The fourth-order valence-corrected chi connectivity index (χ4v) is 2.62.